The lowest BCUT2D eigenvalue weighted by atomic mass is 10.1. The van der Waals surface area contributed by atoms with Crippen LogP contribution >= 0.6 is 0 Å². The summed E-state index contributed by atoms with van der Waals surface area (Å²) in [5.74, 6) is -0.881. The van der Waals surface area contributed by atoms with Gasteiger partial charge in [-0.15, -0.1) is 0 Å². The van der Waals surface area contributed by atoms with Crippen molar-refractivity contribution in [1.29, 1.82) is 0 Å². The van der Waals surface area contributed by atoms with Gasteiger partial charge < -0.3 is 11.1 Å². The van der Waals surface area contributed by atoms with E-state index < -0.39 is 11.9 Å². The lowest BCUT2D eigenvalue weighted by Gasteiger charge is -2.11. The molecule has 0 bridgehead atoms. The number of carbonyl (C=O) groups excluding carboxylic acids is 2. The van der Waals surface area contributed by atoms with Gasteiger partial charge in [-0.3, -0.25) is 14.3 Å². The van der Waals surface area contributed by atoms with Crippen LogP contribution in [0, 0.1) is 13.8 Å². The molecule has 0 fully saturated rings. The molecule has 2 amide bonds. The van der Waals surface area contributed by atoms with E-state index in [1.165, 1.54) is 0 Å². The molecule has 0 radical (unpaired) electrons. The van der Waals surface area contributed by atoms with Crippen molar-refractivity contribution in [3.05, 3.63) is 52.8 Å². The molecule has 22 heavy (non-hydrogen) atoms. The molecule has 1 aromatic heterocycles. The zero-order valence-electron chi connectivity index (χ0n) is 13.0. The maximum Gasteiger partial charge on any atom is 0.251 e. The Hall–Kier alpha value is -2.63. The number of nitrogens with two attached hydrogens (primary N) is 1. The normalized spacial score (nSPS) is 12.0. The van der Waals surface area contributed by atoms with E-state index in [0.29, 0.717) is 12.1 Å². The van der Waals surface area contributed by atoms with E-state index in [4.69, 9.17) is 5.73 Å². The van der Waals surface area contributed by atoms with E-state index in [9.17, 15) is 9.59 Å². The number of aryl methyl sites for hydroxylation is 2. The summed E-state index contributed by atoms with van der Waals surface area (Å²) in [7, 11) is 0. The molecule has 0 saturated carbocycles. The van der Waals surface area contributed by atoms with Crippen molar-refractivity contribution in [2.75, 3.05) is 0 Å². The smallest absolute Gasteiger partial charge is 0.251 e. The zero-order valence-corrected chi connectivity index (χ0v) is 13.0. The molecule has 1 atom stereocenters. The molecule has 0 aliphatic heterocycles. The predicted molar refractivity (Wildman–Crippen MR) is 83.4 cm³/mol. The second-order valence-electron chi connectivity index (χ2n) is 5.38. The van der Waals surface area contributed by atoms with Crippen molar-refractivity contribution in [2.45, 2.75) is 33.4 Å². The number of nitrogens with zero attached hydrogens (tertiary/aromatic N) is 2. The first-order valence-electron chi connectivity index (χ1n) is 7.07. The minimum Gasteiger partial charge on any atom is -0.368 e. The van der Waals surface area contributed by atoms with Gasteiger partial charge in [-0.1, -0.05) is 12.1 Å². The van der Waals surface area contributed by atoms with Crippen molar-refractivity contribution < 1.29 is 9.59 Å². The Kier molecular flexibility index (Phi) is 4.60. The van der Waals surface area contributed by atoms with E-state index >= 15 is 0 Å². The number of amides is 2. The lowest BCUT2D eigenvalue weighted by molar-refractivity contribution is -0.119. The average Bonchev–Trinajstić information content (AvgIpc) is 2.77. The summed E-state index contributed by atoms with van der Waals surface area (Å²) in [6, 6.07) is 8.54. The topological polar surface area (TPSA) is 90.0 Å². The summed E-state index contributed by atoms with van der Waals surface area (Å²) in [6.07, 6.45) is 0. The number of carbonyl (C=O) groups is 2. The number of hydrogen-bond donors (Lipinski definition) is 2. The number of nitrogens with one attached hydrogen (secondary N) is 1. The van der Waals surface area contributed by atoms with Gasteiger partial charge in [0.15, 0.2) is 0 Å². The summed E-state index contributed by atoms with van der Waals surface area (Å²) < 4.78 is 1.89. The van der Waals surface area contributed by atoms with Crippen LogP contribution in [0.15, 0.2) is 30.3 Å². The van der Waals surface area contributed by atoms with Gasteiger partial charge in [0.2, 0.25) is 5.91 Å². The molecule has 0 aliphatic carbocycles. The molecule has 3 N–H and O–H groups in total. The van der Waals surface area contributed by atoms with Crippen LogP contribution in [0.4, 0.5) is 0 Å². The Labute approximate surface area is 129 Å². The third-order valence-corrected chi connectivity index (χ3v) is 3.40. The van der Waals surface area contributed by atoms with Gasteiger partial charge in [0.25, 0.3) is 5.91 Å². The highest BCUT2D eigenvalue weighted by Gasteiger charge is 2.14. The lowest BCUT2D eigenvalue weighted by Crippen LogP contribution is -2.42. The molecular weight excluding hydrogens is 280 g/mol. The minimum absolute atomic E-state index is 0.318. The van der Waals surface area contributed by atoms with E-state index in [2.05, 4.69) is 10.4 Å². The van der Waals surface area contributed by atoms with Gasteiger partial charge in [0, 0.05) is 11.3 Å². The number of primary amides is 1. The summed E-state index contributed by atoms with van der Waals surface area (Å²) in [5, 5.41) is 6.97. The number of rotatable bonds is 5. The molecule has 0 unspecified atom stereocenters. The Balaban J connectivity index is 2.14. The van der Waals surface area contributed by atoms with E-state index in [0.717, 1.165) is 17.0 Å². The van der Waals surface area contributed by atoms with Crippen LogP contribution in [0.2, 0.25) is 0 Å². The van der Waals surface area contributed by atoms with E-state index in [1.807, 2.05) is 36.7 Å². The molecule has 1 aromatic carbocycles. The fourth-order valence-electron chi connectivity index (χ4n) is 2.17. The Morgan fingerprint density at radius 3 is 2.64 bits per heavy atom. The quantitative estimate of drug-likeness (QED) is 0.868. The monoisotopic (exact) mass is 300 g/mol. The SMILES string of the molecule is Cc1cc(C)n(Cc2cccc(C(=O)N[C@@H](C)C(N)=O)c2)n1. The minimum atomic E-state index is -0.702. The fraction of sp³-hybridized carbons (Fsp3) is 0.312. The van der Waals surface area contributed by atoms with Crippen LogP contribution in [0.25, 0.3) is 0 Å². The first kappa shape index (κ1) is 15.8. The van der Waals surface area contributed by atoms with Gasteiger partial charge in [0.05, 0.1) is 12.2 Å². The standard InChI is InChI=1S/C16H20N4O2/c1-10-7-11(2)20(19-10)9-13-5-4-6-14(8-13)16(22)18-12(3)15(17)21/h4-8,12H,9H2,1-3H3,(H2,17,21)(H,18,22)/t12-/m0/s1. The van der Waals surface area contributed by atoms with Crippen molar-refractivity contribution in [3.63, 3.8) is 0 Å². The van der Waals surface area contributed by atoms with Crippen molar-refractivity contribution in [3.8, 4) is 0 Å². The van der Waals surface area contributed by atoms with Gasteiger partial charge in [-0.2, -0.15) is 5.10 Å². The van der Waals surface area contributed by atoms with E-state index in [1.54, 1.807) is 19.1 Å². The van der Waals surface area contributed by atoms with Crippen molar-refractivity contribution in [2.24, 2.45) is 5.73 Å². The van der Waals surface area contributed by atoms with Crippen LogP contribution < -0.4 is 11.1 Å². The van der Waals surface area contributed by atoms with Gasteiger partial charge in [-0.05, 0) is 44.5 Å². The fourth-order valence-corrected chi connectivity index (χ4v) is 2.17. The highest BCUT2D eigenvalue weighted by atomic mass is 16.2. The number of hydrogen-bond acceptors (Lipinski definition) is 3. The van der Waals surface area contributed by atoms with Crippen LogP contribution in [0.1, 0.15) is 34.2 Å². The third kappa shape index (κ3) is 3.72. The molecule has 1 heterocycles. The van der Waals surface area contributed by atoms with E-state index in [-0.39, 0.29) is 5.91 Å². The van der Waals surface area contributed by atoms with Crippen LogP contribution in [-0.2, 0) is 11.3 Å². The van der Waals surface area contributed by atoms with Gasteiger partial charge in [0.1, 0.15) is 6.04 Å². The largest absolute Gasteiger partial charge is 0.368 e. The second kappa shape index (κ2) is 6.43. The summed E-state index contributed by atoms with van der Waals surface area (Å²) >= 11 is 0. The van der Waals surface area contributed by atoms with Gasteiger partial charge in [-0.25, -0.2) is 0 Å². The van der Waals surface area contributed by atoms with Crippen LogP contribution in [0.3, 0.4) is 0 Å². The van der Waals surface area contributed by atoms with Gasteiger partial charge >= 0.3 is 0 Å². The van der Waals surface area contributed by atoms with Crippen molar-refractivity contribution >= 4 is 11.8 Å². The summed E-state index contributed by atoms with van der Waals surface area (Å²) in [5.41, 5.74) is 8.63. The molecule has 0 saturated heterocycles. The highest BCUT2D eigenvalue weighted by molar-refractivity contribution is 5.97. The first-order chi connectivity index (χ1) is 10.4. The molecule has 2 aromatic rings. The molecule has 2 rings (SSSR count). The molecule has 6 nitrogen and oxygen atoms in total. The Morgan fingerprint density at radius 1 is 1.32 bits per heavy atom. The highest BCUT2D eigenvalue weighted by Crippen LogP contribution is 2.10. The molecule has 0 aliphatic rings. The Morgan fingerprint density at radius 2 is 2.05 bits per heavy atom. The summed E-state index contributed by atoms with van der Waals surface area (Å²) in [4.78, 5) is 23.1. The first-order valence-corrected chi connectivity index (χ1v) is 7.07. The number of aromatic nitrogens is 2. The molecular formula is C16H20N4O2. The molecule has 116 valence electrons. The summed E-state index contributed by atoms with van der Waals surface area (Å²) in [6.45, 7) is 6.08. The van der Waals surface area contributed by atoms with Crippen LogP contribution in [-0.4, -0.2) is 27.6 Å². The molecule has 6 heteroatoms. The Bertz CT molecular complexity index is 706. The number of benzene rings is 1. The average molecular weight is 300 g/mol. The second-order valence-corrected chi connectivity index (χ2v) is 5.38. The molecule has 0 spiro atoms. The maximum atomic E-state index is 12.1. The zero-order chi connectivity index (χ0) is 16.3. The van der Waals surface area contributed by atoms with Crippen molar-refractivity contribution in [1.82, 2.24) is 15.1 Å². The third-order valence-electron chi connectivity index (χ3n) is 3.40. The maximum absolute atomic E-state index is 12.1. The predicted octanol–water partition coefficient (Wildman–Crippen LogP) is 1.15. The van der Waals surface area contributed by atoms with Crippen LogP contribution in [0.5, 0.6) is 0 Å².